The molecule has 1 fully saturated rings. The Hall–Kier alpha value is -2.51. The Bertz CT molecular complexity index is 1190. The first-order chi connectivity index (χ1) is 16.0. The molecule has 170 valence electrons. The zero-order chi connectivity index (χ0) is 22.9. The summed E-state index contributed by atoms with van der Waals surface area (Å²) in [5.74, 6) is -0.277. The third kappa shape index (κ3) is 4.62. The molecule has 33 heavy (non-hydrogen) atoms. The first kappa shape index (κ1) is 22.3. The Morgan fingerprint density at radius 3 is 2.61 bits per heavy atom. The van der Waals surface area contributed by atoms with E-state index in [4.69, 9.17) is 16.3 Å². The molecule has 0 aromatic heterocycles. The van der Waals surface area contributed by atoms with E-state index in [1.165, 1.54) is 18.9 Å². The van der Waals surface area contributed by atoms with E-state index in [0.29, 0.717) is 12.6 Å². The quantitative estimate of drug-likeness (QED) is 0.389. The van der Waals surface area contributed by atoms with Gasteiger partial charge in [-0.1, -0.05) is 54.8 Å². The van der Waals surface area contributed by atoms with E-state index in [1.54, 1.807) is 24.1 Å². The van der Waals surface area contributed by atoms with Crippen LogP contribution in [0.2, 0.25) is 5.02 Å². The summed E-state index contributed by atoms with van der Waals surface area (Å²) in [6, 6.07) is 19.2. The highest BCUT2D eigenvalue weighted by atomic mass is 35.5. The van der Waals surface area contributed by atoms with Crippen LogP contribution >= 0.6 is 23.5 Å². The topological polar surface area (TPSA) is 70.0 Å². The van der Waals surface area contributed by atoms with Gasteiger partial charge in [-0.25, -0.2) is 9.10 Å². The van der Waals surface area contributed by atoms with Crippen molar-refractivity contribution in [1.29, 1.82) is 0 Å². The van der Waals surface area contributed by atoms with Crippen molar-refractivity contribution in [2.75, 3.05) is 0 Å². The Morgan fingerprint density at radius 1 is 1.06 bits per heavy atom. The molecule has 2 aliphatic rings. The van der Waals surface area contributed by atoms with Gasteiger partial charge >= 0.3 is 5.97 Å². The van der Waals surface area contributed by atoms with Crippen LogP contribution < -0.4 is 4.74 Å². The van der Waals surface area contributed by atoms with E-state index in [2.05, 4.69) is 4.31 Å². The second kappa shape index (κ2) is 9.39. The van der Waals surface area contributed by atoms with E-state index >= 15 is 0 Å². The molecule has 1 saturated carbocycles. The van der Waals surface area contributed by atoms with Crippen molar-refractivity contribution >= 4 is 29.5 Å². The lowest BCUT2D eigenvalue weighted by Gasteiger charge is -2.25. The fourth-order valence-corrected chi connectivity index (χ4v) is 6.02. The van der Waals surface area contributed by atoms with Crippen molar-refractivity contribution in [1.82, 2.24) is 4.31 Å². The molecule has 0 saturated heterocycles. The average Bonchev–Trinajstić information content (AvgIpc) is 3.45. The molecule has 0 amide bonds. The SMILES string of the molecule is O=C(O)c1ccc(-c2cccc(COc3ccc4c(c3)SN(C3CCCC3)C4O)c2)cc1Cl. The number of ether oxygens (including phenoxy) is 1. The van der Waals surface area contributed by atoms with Gasteiger partial charge in [0.15, 0.2) is 0 Å². The molecular weight excluding hydrogens is 458 g/mol. The number of fused-ring (bicyclic) bond motifs is 1. The van der Waals surface area contributed by atoms with Crippen molar-refractivity contribution in [2.24, 2.45) is 0 Å². The first-order valence-corrected chi connectivity index (χ1v) is 12.2. The summed E-state index contributed by atoms with van der Waals surface area (Å²) in [7, 11) is 0. The van der Waals surface area contributed by atoms with Gasteiger partial charge in [0, 0.05) is 16.5 Å². The van der Waals surface area contributed by atoms with Crippen LogP contribution in [0.4, 0.5) is 0 Å². The molecule has 1 atom stereocenters. The van der Waals surface area contributed by atoms with E-state index in [-0.39, 0.29) is 10.6 Å². The monoisotopic (exact) mass is 481 g/mol. The highest BCUT2D eigenvalue weighted by Crippen LogP contribution is 2.48. The van der Waals surface area contributed by atoms with E-state index in [0.717, 1.165) is 45.7 Å². The van der Waals surface area contributed by atoms with Gasteiger partial charge in [0.25, 0.3) is 0 Å². The molecule has 0 bridgehead atoms. The number of aliphatic hydroxyl groups is 1. The van der Waals surface area contributed by atoms with Gasteiger partial charge in [0.1, 0.15) is 18.6 Å². The van der Waals surface area contributed by atoms with Crippen molar-refractivity contribution in [3.63, 3.8) is 0 Å². The summed E-state index contributed by atoms with van der Waals surface area (Å²) in [5, 5.41) is 20.1. The lowest BCUT2D eigenvalue weighted by atomic mass is 10.0. The van der Waals surface area contributed by atoms with Crippen LogP contribution in [0.5, 0.6) is 5.75 Å². The molecule has 3 aromatic rings. The van der Waals surface area contributed by atoms with Crippen LogP contribution in [0.3, 0.4) is 0 Å². The number of carbonyl (C=O) groups is 1. The molecule has 1 aliphatic heterocycles. The highest BCUT2D eigenvalue weighted by molar-refractivity contribution is 7.97. The largest absolute Gasteiger partial charge is 0.489 e. The number of hydrogen-bond acceptors (Lipinski definition) is 5. The van der Waals surface area contributed by atoms with Crippen molar-refractivity contribution in [3.8, 4) is 16.9 Å². The number of nitrogens with zero attached hydrogens (tertiary/aromatic N) is 1. The fourth-order valence-electron chi connectivity index (χ4n) is 4.51. The number of carboxylic acids is 1. The second-order valence-electron chi connectivity index (χ2n) is 8.45. The summed E-state index contributed by atoms with van der Waals surface area (Å²) in [4.78, 5) is 12.2. The minimum absolute atomic E-state index is 0.0889. The second-order valence-corrected chi connectivity index (χ2v) is 9.90. The predicted molar refractivity (Wildman–Crippen MR) is 130 cm³/mol. The van der Waals surface area contributed by atoms with Gasteiger partial charge in [-0.2, -0.15) is 0 Å². The third-order valence-electron chi connectivity index (χ3n) is 6.26. The van der Waals surface area contributed by atoms with Crippen LogP contribution in [-0.2, 0) is 6.61 Å². The van der Waals surface area contributed by atoms with E-state index in [9.17, 15) is 15.0 Å². The lowest BCUT2D eigenvalue weighted by molar-refractivity contribution is 0.0517. The lowest BCUT2D eigenvalue weighted by Crippen LogP contribution is -2.27. The summed E-state index contributed by atoms with van der Waals surface area (Å²) >= 11 is 7.77. The summed E-state index contributed by atoms with van der Waals surface area (Å²) in [6.07, 6.45) is 4.19. The molecule has 7 heteroatoms. The van der Waals surface area contributed by atoms with Gasteiger partial charge < -0.3 is 14.9 Å². The first-order valence-electron chi connectivity index (χ1n) is 11.0. The zero-order valence-corrected chi connectivity index (χ0v) is 19.5. The molecule has 1 heterocycles. The molecule has 1 aliphatic carbocycles. The van der Waals surface area contributed by atoms with Crippen molar-refractivity contribution in [2.45, 2.75) is 49.5 Å². The Balaban J connectivity index is 1.28. The minimum atomic E-state index is -1.04. The van der Waals surface area contributed by atoms with Crippen LogP contribution in [0.1, 0.15) is 53.4 Å². The van der Waals surface area contributed by atoms with E-state index in [1.807, 2.05) is 42.5 Å². The summed E-state index contributed by atoms with van der Waals surface area (Å²) < 4.78 is 8.19. The number of halogens is 1. The molecule has 0 radical (unpaired) electrons. The van der Waals surface area contributed by atoms with Crippen LogP contribution in [-0.4, -0.2) is 26.5 Å². The van der Waals surface area contributed by atoms with Crippen LogP contribution in [0.15, 0.2) is 65.6 Å². The number of carboxylic acid groups (broad SMARTS) is 1. The smallest absolute Gasteiger partial charge is 0.337 e. The molecule has 5 nitrogen and oxygen atoms in total. The number of rotatable bonds is 6. The molecular formula is C26H24ClNO4S. The van der Waals surface area contributed by atoms with Crippen molar-refractivity contribution < 1.29 is 19.7 Å². The minimum Gasteiger partial charge on any atom is -0.489 e. The van der Waals surface area contributed by atoms with Crippen LogP contribution in [0.25, 0.3) is 11.1 Å². The van der Waals surface area contributed by atoms with E-state index < -0.39 is 12.2 Å². The maximum absolute atomic E-state index is 11.2. The summed E-state index contributed by atoms with van der Waals surface area (Å²) in [5.41, 5.74) is 3.82. The van der Waals surface area contributed by atoms with Gasteiger partial charge in [-0.3, -0.25) is 0 Å². The molecule has 1 unspecified atom stereocenters. The van der Waals surface area contributed by atoms with Crippen LogP contribution in [0, 0.1) is 0 Å². The standard InChI is InChI=1S/C26H24ClNO4S/c27-23-13-18(8-10-21(23)26(30)31)17-5-3-4-16(12-17)15-32-20-9-11-22-24(14-20)33-28(25(22)29)19-6-1-2-7-19/h3-5,8-14,19,25,29H,1-2,6-7,15H2,(H,30,31). The number of benzene rings is 3. The maximum Gasteiger partial charge on any atom is 0.337 e. The Kier molecular flexibility index (Phi) is 6.34. The number of aromatic carboxylic acids is 1. The Morgan fingerprint density at radius 2 is 1.85 bits per heavy atom. The molecule has 2 N–H and O–H groups in total. The normalized spacial score (nSPS) is 18.4. The van der Waals surface area contributed by atoms with Crippen molar-refractivity contribution in [3.05, 3.63) is 82.4 Å². The number of aliphatic hydroxyl groups excluding tert-OH is 1. The predicted octanol–water partition coefficient (Wildman–Crippen LogP) is 6.54. The molecule has 0 spiro atoms. The fraction of sp³-hybridized carbons (Fsp3) is 0.269. The highest BCUT2D eigenvalue weighted by Gasteiger charge is 2.36. The zero-order valence-electron chi connectivity index (χ0n) is 17.9. The number of hydrogen-bond donors (Lipinski definition) is 2. The third-order valence-corrected chi connectivity index (χ3v) is 7.83. The molecule has 3 aromatic carbocycles. The van der Waals surface area contributed by atoms with Gasteiger partial charge in [-0.05, 0) is 71.8 Å². The van der Waals surface area contributed by atoms with Gasteiger partial charge in [-0.15, -0.1) is 0 Å². The summed E-state index contributed by atoms with van der Waals surface area (Å²) in [6.45, 7) is 0.396. The van der Waals surface area contributed by atoms with Gasteiger partial charge in [0.2, 0.25) is 0 Å². The Labute approximate surface area is 202 Å². The maximum atomic E-state index is 11.2. The molecule has 5 rings (SSSR count). The average molecular weight is 482 g/mol. The van der Waals surface area contributed by atoms with Gasteiger partial charge in [0.05, 0.1) is 10.6 Å².